The standard InChI is InChI=1S/C19H32N2/c1-11(2)17-9-14(6)20-18-16(8)15(7)13(5)10-21(12(3)4)19(17)18/h9,11-13,15-16H,10H2,1-8H3/t13-,15-,16-/m1/s1. The van der Waals surface area contributed by atoms with Crippen molar-refractivity contribution in [2.24, 2.45) is 11.8 Å². The second kappa shape index (κ2) is 5.98. The average molecular weight is 288 g/mol. The number of hydrogen-bond donors (Lipinski definition) is 0. The normalized spacial score (nSPS) is 26.2. The maximum absolute atomic E-state index is 4.97. The van der Waals surface area contributed by atoms with Crippen LogP contribution in [0.25, 0.3) is 0 Å². The van der Waals surface area contributed by atoms with Crippen molar-refractivity contribution in [3.8, 4) is 0 Å². The first-order chi connectivity index (χ1) is 9.73. The molecule has 0 amide bonds. The molecule has 0 N–H and O–H groups in total. The summed E-state index contributed by atoms with van der Waals surface area (Å²) in [6.45, 7) is 19.6. The molecular weight excluding hydrogens is 256 g/mol. The number of aryl methyl sites for hydroxylation is 1. The lowest BCUT2D eigenvalue weighted by Crippen LogP contribution is -2.36. The number of aromatic nitrogens is 1. The molecule has 0 bridgehead atoms. The number of hydrogen-bond acceptors (Lipinski definition) is 2. The molecule has 1 aromatic rings. The smallest absolute Gasteiger partial charge is 0.0673 e. The predicted octanol–water partition coefficient (Wildman–Crippen LogP) is 5.12. The molecule has 0 saturated carbocycles. The molecule has 2 heterocycles. The number of nitrogens with zero attached hydrogens (tertiary/aromatic N) is 2. The van der Waals surface area contributed by atoms with E-state index in [2.05, 4.69) is 66.4 Å². The highest BCUT2D eigenvalue weighted by atomic mass is 15.2. The van der Waals surface area contributed by atoms with Crippen molar-refractivity contribution in [3.63, 3.8) is 0 Å². The molecule has 2 rings (SSSR count). The highest BCUT2D eigenvalue weighted by molar-refractivity contribution is 5.61. The summed E-state index contributed by atoms with van der Waals surface area (Å²) in [6.07, 6.45) is 0. The molecule has 118 valence electrons. The lowest BCUT2D eigenvalue weighted by atomic mass is 9.83. The highest BCUT2D eigenvalue weighted by Gasteiger charge is 2.34. The summed E-state index contributed by atoms with van der Waals surface area (Å²) in [6, 6.07) is 2.82. The van der Waals surface area contributed by atoms with Crippen LogP contribution < -0.4 is 4.90 Å². The molecule has 0 aromatic carbocycles. The highest BCUT2D eigenvalue weighted by Crippen LogP contribution is 2.43. The zero-order chi connectivity index (χ0) is 15.9. The van der Waals surface area contributed by atoms with Gasteiger partial charge in [0.2, 0.25) is 0 Å². The van der Waals surface area contributed by atoms with Gasteiger partial charge in [0.15, 0.2) is 0 Å². The van der Waals surface area contributed by atoms with Gasteiger partial charge in [-0.2, -0.15) is 0 Å². The Hall–Kier alpha value is -1.05. The van der Waals surface area contributed by atoms with Crippen LogP contribution in [0.2, 0.25) is 0 Å². The topological polar surface area (TPSA) is 16.1 Å². The van der Waals surface area contributed by atoms with E-state index in [-0.39, 0.29) is 0 Å². The van der Waals surface area contributed by atoms with Gasteiger partial charge in [0.1, 0.15) is 0 Å². The number of rotatable bonds is 2. The number of pyridine rings is 1. The van der Waals surface area contributed by atoms with Crippen LogP contribution >= 0.6 is 0 Å². The first-order valence-corrected chi connectivity index (χ1v) is 8.52. The Morgan fingerprint density at radius 2 is 1.76 bits per heavy atom. The quantitative estimate of drug-likeness (QED) is 0.751. The second-order valence-electron chi connectivity index (χ2n) is 7.61. The monoisotopic (exact) mass is 288 g/mol. The van der Waals surface area contributed by atoms with Crippen molar-refractivity contribution in [1.29, 1.82) is 0 Å². The van der Waals surface area contributed by atoms with E-state index in [1.54, 1.807) is 0 Å². The van der Waals surface area contributed by atoms with Crippen LogP contribution in [0, 0.1) is 18.8 Å². The van der Waals surface area contributed by atoms with Gasteiger partial charge in [-0.25, -0.2) is 0 Å². The SMILES string of the molecule is Cc1cc(C(C)C)c2c(n1)[C@H](C)[C@H](C)[C@H](C)CN2C(C)C. The molecule has 0 radical (unpaired) electrons. The van der Waals surface area contributed by atoms with E-state index in [4.69, 9.17) is 4.98 Å². The number of anilines is 1. The lowest BCUT2D eigenvalue weighted by molar-refractivity contribution is 0.343. The molecule has 3 atom stereocenters. The van der Waals surface area contributed by atoms with Gasteiger partial charge in [-0.15, -0.1) is 0 Å². The largest absolute Gasteiger partial charge is 0.367 e. The molecule has 1 aliphatic rings. The van der Waals surface area contributed by atoms with Crippen LogP contribution in [0.3, 0.4) is 0 Å². The van der Waals surface area contributed by atoms with E-state index < -0.39 is 0 Å². The minimum Gasteiger partial charge on any atom is -0.367 e. The van der Waals surface area contributed by atoms with Crippen LogP contribution in [0.15, 0.2) is 6.07 Å². The zero-order valence-electron chi connectivity index (χ0n) is 15.1. The molecule has 2 nitrogen and oxygen atoms in total. The summed E-state index contributed by atoms with van der Waals surface area (Å²) < 4.78 is 0. The van der Waals surface area contributed by atoms with Crippen molar-refractivity contribution in [3.05, 3.63) is 23.0 Å². The van der Waals surface area contributed by atoms with Crippen LogP contribution in [-0.4, -0.2) is 17.6 Å². The van der Waals surface area contributed by atoms with Gasteiger partial charge < -0.3 is 4.90 Å². The van der Waals surface area contributed by atoms with Gasteiger partial charge in [0.25, 0.3) is 0 Å². The summed E-state index contributed by atoms with van der Waals surface area (Å²) in [5.74, 6) is 2.42. The maximum atomic E-state index is 4.97. The molecule has 0 fully saturated rings. The lowest BCUT2D eigenvalue weighted by Gasteiger charge is -2.33. The summed E-state index contributed by atoms with van der Waals surface area (Å²) in [5, 5.41) is 0. The van der Waals surface area contributed by atoms with Gasteiger partial charge >= 0.3 is 0 Å². The first-order valence-electron chi connectivity index (χ1n) is 8.52. The molecule has 2 heteroatoms. The Morgan fingerprint density at radius 3 is 2.29 bits per heavy atom. The third-order valence-electron chi connectivity index (χ3n) is 5.31. The van der Waals surface area contributed by atoms with E-state index in [1.165, 1.54) is 16.9 Å². The fraction of sp³-hybridized carbons (Fsp3) is 0.737. The predicted molar refractivity (Wildman–Crippen MR) is 92.3 cm³/mol. The minimum absolute atomic E-state index is 0.519. The zero-order valence-corrected chi connectivity index (χ0v) is 15.1. The molecule has 0 unspecified atom stereocenters. The van der Waals surface area contributed by atoms with Crippen LogP contribution in [0.1, 0.15) is 77.3 Å². The van der Waals surface area contributed by atoms with E-state index in [1.807, 2.05) is 0 Å². The van der Waals surface area contributed by atoms with Crippen molar-refractivity contribution in [2.45, 2.75) is 73.3 Å². The molecule has 21 heavy (non-hydrogen) atoms. The molecule has 0 saturated heterocycles. The van der Waals surface area contributed by atoms with Crippen LogP contribution in [0.5, 0.6) is 0 Å². The fourth-order valence-corrected chi connectivity index (χ4v) is 3.57. The van der Waals surface area contributed by atoms with Gasteiger partial charge in [-0.1, -0.05) is 34.6 Å². The summed E-state index contributed by atoms with van der Waals surface area (Å²) in [5.41, 5.74) is 5.38. The second-order valence-corrected chi connectivity index (χ2v) is 7.61. The van der Waals surface area contributed by atoms with Crippen LogP contribution in [0.4, 0.5) is 5.69 Å². The molecule has 1 aromatic heterocycles. The van der Waals surface area contributed by atoms with Crippen molar-refractivity contribution in [2.75, 3.05) is 11.4 Å². The van der Waals surface area contributed by atoms with Gasteiger partial charge in [0, 0.05) is 24.2 Å². The Kier molecular flexibility index (Phi) is 4.65. The average Bonchev–Trinajstić information content (AvgIpc) is 2.49. The first kappa shape index (κ1) is 16.3. The van der Waals surface area contributed by atoms with Gasteiger partial charge in [-0.05, 0) is 50.2 Å². The van der Waals surface area contributed by atoms with Gasteiger partial charge in [-0.3, -0.25) is 4.98 Å². The Bertz CT molecular complexity index is 505. The van der Waals surface area contributed by atoms with Crippen molar-refractivity contribution < 1.29 is 0 Å². The van der Waals surface area contributed by atoms with E-state index in [9.17, 15) is 0 Å². The molecular formula is C19H32N2. The summed E-state index contributed by atoms with van der Waals surface area (Å²) in [7, 11) is 0. The minimum atomic E-state index is 0.519. The van der Waals surface area contributed by atoms with Crippen LogP contribution in [-0.2, 0) is 0 Å². The fourth-order valence-electron chi connectivity index (χ4n) is 3.57. The van der Waals surface area contributed by atoms with E-state index >= 15 is 0 Å². The third-order valence-corrected chi connectivity index (χ3v) is 5.31. The summed E-state index contributed by atoms with van der Waals surface area (Å²) in [4.78, 5) is 7.57. The summed E-state index contributed by atoms with van der Waals surface area (Å²) >= 11 is 0. The molecule has 1 aliphatic heterocycles. The Morgan fingerprint density at radius 1 is 1.14 bits per heavy atom. The van der Waals surface area contributed by atoms with Gasteiger partial charge in [0.05, 0.1) is 11.4 Å². The van der Waals surface area contributed by atoms with Crippen molar-refractivity contribution >= 4 is 5.69 Å². The Balaban J connectivity index is 2.71. The number of fused-ring (bicyclic) bond motifs is 1. The van der Waals surface area contributed by atoms with Crippen molar-refractivity contribution in [1.82, 2.24) is 4.98 Å². The molecule has 0 aliphatic carbocycles. The van der Waals surface area contributed by atoms with E-state index in [0.29, 0.717) is 29.7 Å². The van der Waals surface area contributed by atoms with E-state index in [0.717, 1.165) is 12.2 Å². The molecule has 0 spiro atoms. The Labute approximate surface area is 131 Å². The maximum Gasteiger partial charge on any atom is 0.0673 e. The third kappa shape index (κ3) is 2.95.